The summed E-state index contributed by atoms with van der Waals surface area (Å²) in [6.45, 7) is 0.491. The highest BCUT2D eigenvalue weighted by atomic mass is 19.4. The molecule has 0 unspecified atom stereocenters. The van der Waals surface area contributed by atoms with Gasteiger partial charge < -0.3 is 14.8 Å². The molecule has 0 radical (unpaired) electrons. The van der Waals surface area contributed by atoms with E-state index in [1.807, 2.05) is 12.1 Å². The molecule has 1 aromatic carbocycles. The number of benzene rings is 1. The molecule has 1 aromatic rings. The van der Waals surface area contributed by atoms with Crippen molar-refractivity contribution in [1.29, 1.82) is 0 Å². The van der Waals surface area contributed by atoms with E-state index in [-0.39, 0.29) is 12.5 Å². The molecule has 0 bridgehead atoms. The lowest BCUT2D eigenvalue weighted by molar-refractivity contribution is -0.153. The summed E-state index contributed by atoms with van der Waals surface area (Å²) in [4.78, 5) is 11.2. The minimum Gasteiger partial charge on any atom is -0.493 e. The van der Waals surface area contributed by atoms with E-state index in [2.05, 4.69) is 5.32 Å². The standard InChI is InChI=1S/C14H16F3NO3/c1-20-11-4-2-3-10-5-9(8-21-13(10)11)7-18-12(19)6-14(15,16)17/h2-4,9H,5-8H2,1H3,(H,18,19)/t9-/m0/s1. The fourth-order valence-corrected chi connectivity index (χ4v) is 2.25. The zero-order chi connectivity index (χ0) is 15.5. The lowest BCUT2D eigenvalue weighted by Crippen LogP contribution is -2.36. The molecule has 0 aromatic heterocycles. The number of ether oxygens (including phenoxy) is 2. The summed E-state index contributed by atoms with van der Waals surface area (Å²) in [5.41, 5.74) is 0.927. The molecule has 0 aliphatic carbocycles. The van der Waals surface area contributed by atoms with E-state index in [0.717, 1.165) is 5.56 Å². The van der Waals surface area contributed by atoms with E-state index in [4.69, 9.17) is 9.47 Å². The highest BCUT2D eigenvalue weighted by molar-refractivity contribution is 5.76. The molecule has 0 saturated carbocycles. The van der Waals surface area contributed by atoms with Gasteiger partial charge in [0.1, 0.15) is 6.42 Å². The van der Waals surface area contributed by atoms with Gasteiger partial charge in [-0.3, -0.25) is 4.79 Å². The molecule has 1 N–H and O–H groups in total. The predicted molar refractivity (Wildman–Crippen MR) is 69.4 cm³/mol. The molecule has 0 saturated heterocycles. The molecule has 1 heterocycles. The summed E-state index contributed by atoms with van der Waals surface area (Å²) in [6.07, 6.45) is -5.31. The van der Waals surface area contributed by atoms with Crippen LogP contribution in [0.5, 0.6) is 11.5 Å². The Morgan fingerprint density at radius 1 is 1.48 bits per heavy atom. The monoisotopic (exact) mass is 303 g/mol. The van der Waals surface area contributed by atoms with Gasteiger partial charge in [-0.15, -0.1) is 0 Å². The summed E-state index contributed by atoms with van der Waals surface area (Å²) >= 11 is 0. The van der Waals surface area contributed by atoms with E-state index in [1.165, 1.54) is 0 Å². The van der Waals surface area contributed by atoms with Crippen LogP contribution in [0.2, 0.25) is 0 Å². The fraction of sp³-hybridized carbons (Fsp3) is 0.500. The van der Waals surface area contributed by atoms with Crippen LogP contribution >= 0.6 is 0 Å². The van der Waals surface area contributed by atoms with Gasteiger partial charge in [-0.05, 0) is 18.1 Å². The molecule has 0 fully saturated rings. The van der Waals surface area contributed by atoms with Crippen LogP contribution in [-0.2, 0) is 11.2 Å². The van der Waals surface area contributed by atoms with E-state index in [1.54, 1.807) is 13.2 Å². The van der Waals surface area contributed by atoms with Gasteiger partial charge in [0.2, 0.25) is 5.91 Å². The number of amides is 1. The zero-order valence-electron chi connectivity index (χ0n) is 11.5. The number of hydrogen-bond acceptors (Lipinski definition) is 3. The molecule has 1 atom stereocenters. The van der Waals surface area contributed by atoms with Gasteiger partial charge >= 0.3 is 6.18 Å². The van der Waals surface area contributed by atoms with Crippen LogP contribution in [0.1, 0.15) is 12.0 Å². The number of para-hydroxylation sites is 1. The average molecular weight is 303 g/mol. The largest absolute Gasteiger partial charge is 0.493 e. The molecule has 0 spiro atoms. The lowest BCUT2D eigenvalue weighted by Gasteiger charge is -2.26. The lowest BCUT2D eigenvalue weighted by atomic mass is 9.96. The van der Waals surface area contributed by atoms with Gasteiger partial charge in [0.15, 0.2) is 11.5 Å². The van der Waals surface area contributed by atoms with Crippen molar-refractivity contribution in [3.63, 3.8) is 0 Å². The molecule has 2 rings (SSSR count). The molecule has 4 nitrogen and oxygen atoms in total. The van der Waals surface area contributed by atoms with Crippen LogP contribution in [0.25, 0.3) is 0 Å². The van der Waals surface area contributed by atoms with Gasteiger partial charge in [0.25, 0.3) is 0 Å². The highest BCUT2D eigenvalue weighted by Gasteiger charge is 2.31. The Hall–Kier alpha value is -1.92. The molecule has 7 heteroatoms. The molecule has 1 amide bonds. The first-order valence-electron chi connectivity index (χ1n) is 6.51. The number of carbonyl (C=O) groups is 1. The van der Waals surface area contributed by atoms with Gasteiger partial charge in [-0.1, -0.05) is 12.1 Å². The fourth-order valence-electron chi connectivity index (χ4n) is 2.25. The Balaban J connectivity index is 1.89. The number of rotatable bonds is 4. The Morgan fingerprint density at radius 2 is 2.24 bits per heavy atom. The van der Waals surface area contributed by atoms with Crippen molar-refractivity contribution in [1.82, 2.24) is 5.32 Å². The highest BCUT2D eigenvalue weighted by Crippen LogP contribution is 2.35. The summed E-state index contributed by atoms with van der Waals surface area (Å²) in [5, 5.41) is 2.30. The maximum Gasteiger partial charge on any atom is 0.397 e. The Morgan fingerprint density at radius 3 is 2.90 bits per heavy atom. The number of alkyl halides is 3. The van der Waals surface area contributed by atoms with Gasteiger partial charge in [-0.2, -0.15) is 13.2 Å². The van der Waals surface area contributed by atoms with Crippen LogP contribution in [0.15, 0.2) is 18.2 Å². The number of nitrogens with one attached hydrogen (secondary N) is 1. The molecule has 1 aliphatic rings. The summed E-state index contributed by atoms with van der Waals surface area (Å²) in [7, 11) is 1.54. The number of halogens is 3. The zero-order valence-corrected chi connectivity index (χ0v) is 11.5. The van der Waals surface area contributed by atoms with Crippen molar-refractivity contribution in [2.45, 2.75) is 19.0 Å². The van der Waals surface area contributed by atoms with Gasteiger partial charge in [0, 0.05) is 12.5 Å². The van der Waals surface area contributed by atoms with Crippen LogP contribution in [-0.4, -0.2) is 32.3 Å². The predicted octanol–water partition coefficient (Wildman–Crippen LogP) is 2.31. The molecular weight excluding hydrogens is 287 g/mol. The van der Waals surface area contributed by atoms with Crippen LogP contribution in [0.3, 0.4) is 0 Å². The van der Waals surface area contributed by atoms with Crippen LogP contribution in [0.4, 0.5) is 13.2 Å². The smallest absolute Gasteiger partial charge is 0.397 e. The van der Waals surface area contributed by atoms with E-state index in [9.17, 15) is 18.0 Å². The first-order valence-corrected chi connectivity index (χ1v) is 6.51. The third-order valence-electron chi connectivity index (χ3n) is 3.20. The van der Waals surface area contributed by atoms with E-state index >= 15 is 0 Å². The first-order chi connectivity index (χ1) is 9.89. The van der Waals surface area contributed by atoms with E-state index < -0.39 is 18.5 Å². The van der Waals surface area contributed by atoms with Crippen molar-refractivity contribution in [2.24, 2.45) is 5.92 Å². The van der Waals surface area contributed by atoms with Crippen molar-refractivity contribution in [3.05, 3.63) is 23.8 Å². The second kappa shape index (κ2) is 6.24. The van der Waals surface area contributed by atoms with Crippen molar-refractivity contribution in [2.75, 3.05) is 20.3 Å². The maximum absolute atomic E-state index is 12.1. The third kappa shape index (κ3) is 4.27. The Kier molecular flexibility index (Phi) is 4.59. The normalized spacial score (nSPS) is 17.6. The number of hydrogen-bond donors (Lipinski definition) is 1. The molecule has 116 valence electrons. The third-order valence-corrected chi connectivity index (χ3v) is 3.20. The van der Waals surface area contributed by atoms with E-state index in [0.29, 0.717) is 24.5 Å². The number of methoxy groups -OCH3 is 1. The second-order valence-electron chi connectivity index (χ2n) is 4.93. The van der Waals surface area contributed by atoms with Crippen LogP contribution in [0, 0.1) is 5.92 Å². The molecule has 21 heavy (non-hydrogen) atoms. The molecular formula is C14H16F3NO3. The molecule has 1 aliphatic heterocycles. The summed E-state index contributed by atoms with van der Waals surface area (Å²) in [5.74, 6) is 0.227. The van der Waals surface area contributed by atoms with Crippen LogP contribution < -0.4 is 14.8 Å². The summed E-state index contributed by atoms with van der Waals surface area (Å²) in [6, 6.07) is 5.48. The second-order valence-corrected chi connectivity index (χ2v) is 4.93. The van der Waals surface area contributed by atoms with Gasteiger partial charge in [-0.25, -0.2) is 0 Å². The van der Waals surface area contributed by atoms with Crippen molar-refractivity contribution < 1.29 is 27.4 Å². The summed E-state index contributed by atoms with van der Waals surface area (Å²) < 4.78 is 46.9. The Bertz CT molecular complexity index is 517. The SMILES string of the molecule is COc1cccc2c1OC[C@H](CNC(=O)CC(F)(F)F)C2. The Labute approximate surface area is 120 Å². The van der Waals surface area contributed by atoms with Gasteiger partial charge in [0.05, 0.1) is 13.7 Å². The minimum atomic E-state index is -4.48. The maximum atomic E-state index is 12.1. The van der Waals surface area contributed by atoms with Crippen molar-refractivity contribution >= 4 is 5.91 Å². The average Bonchev–Trinajstić information content (AvgIpc) is 2.42. The topological polar surface area (TPSA) is 47.6 Å². The number of fused-ring (bicyclic) bond motifs is 1. The number of carbonyl (C=O) groups excluding carboxylic acids is 1. The van der Waals surface area contributed by atoms with Crippen molar-refractivity contribution in [3.8, 4) is 11.5 Å². The quantitative estimate of drug-likeness (QED) is 0.928. The minimum absolute atomic E-state index is 0.0539. The first kappa shape index (κ1) is 15.5.